The topological polar surface area (TPSA) is 66.6 Å². The quantitative estimate of drug-likeness (QED) is 0.934. The van der Waals surface area contributed by atoms with E-state index in [4.69, 9.17) is 16.1 Å². The molecule has 1 aliphatic heterocycles. The van der Waals surface area contributed by atoms with E-state index >= 15 is 0 Å². The molecule has 1 aliphatic rings. The van der Waals surface area contributed by atoms with E-state index in [9.17, 15) is 9.90 Å². The van der Waals surface area contributed by atoms with Crippen LogP contribution in [0, 0.1) is 0 Å². The van der Waals surface area contributed by atoms with Crippen molar-refractivity contribution in [3.8, 4) is 11.3 Å². The summed E-state index contributed by atoms with van der Waals surface area (Å²) in [6.07, 6.45) is 2.21. The highest BCUT2D eigenvalue weighted by molar-refractivity contribution is 6.30. The maximum Gasteiger partial charge on any atom is 0.276 e. The van der Waals surface area contributed by atoms with Gasteiger partial charge in [-0.15, -0.1) is 0 Å². The van der Waals surface area contributed by atoms with Gasteiger partial charge in [-0.05, 0) is 38.3 Å². The van der Waals surface area contributed by atoms with Crippen molar-refractivity contribution in [2.24, 2.45) is 0 Å². The van der Waals surface area contributed by atoms with E-state index in [2.05, 4.69) is 5.16 Å². The molecule has 0 bridgehead atoms. The minimum atomic E-state index is -0.557. The maximum atomic E-state index is 12.7. The summed E-state index contributed by atoms with van der Waals surface area (Å²) in [6, 6.07) is 8.66. The van der Waals surface area contributed by atoms with Crippen LogP contribution in [0.5, 0.6) is 0 Å². The molecule has 1 amide bonds. The number of rotatable bonds is 3. The number of nitrogens with zero attached hydrogens (tertiary/aromatic N) is 2. The second-order valence-electron chi connectivity index (χ2n) is 5.89. The summed E-state index contributed by atoms with van der Waals surface area (Å²) in [4.78, 5) is 14.4. The van der Waals surface area contributed by atoms with E-state index in [0.29, 0.717) is 17.3 Å². The number of halogens is 1. The maximum absolute atomic E-state index is 12.7. The lowest BCUT2D eigenvalue weighted by molar-refractivity contribution is 0.0273. The predicted molar refractivity (Wildman–Crippen MR) is 87.3 cm³/mol. The van der Waals surface area contributed by atoms with Gasteiger partial charge in [0.25, 0.3) is 5.91 Å². The SMILES string of the molecule is CC(O)C1CCCCN1C(=O)c1cc(-c2cccc(Cl)c2)on1. The molecular weight excluding hydrogens is 316 g/mol. The van der Waals surface area contributed by atoms with E-state index in [1.54, 1.807) is 30.0 Å². The van der Waals surface area contributed by atoms with Crippen molar-refractivity contribution in [1.82, 2.24) is 10.1 Å². The van der Waals surface area contributed by atoms with E-state index in [0.717, 1.165) is 24.8 Å². The Labute approximate surface area is 139 Å². The lowest BCUT2D eigenvalue weighted by Gasteiger charge is -2.36. The largest absolute Gasteiger partial charge is 0.391 e. The third-order valence-corrected chi connectivity index (χ3v) is 4.44. The van der Waals surface area contributed by atoms with Crippen LogP contribution in [-0.2, 0) is 0 Å². The Morgan fingerprint density at radius 2 is 2.26 bits per heavy atom. The van der Waals surface area contributed by atoms with Crippen molar-refractivity contribution in [3.63, 3.8) is 0 Å². The van der Waals surface area contributed by atoms with Gasteiger partial charge in [0.1, 0.15) is 0 Å². The number of aliphatic hydroxyl groups is 1. The van der Waals surface area contributed by atoms with Crippen molar-refractivity contribution in [2.75, 3.05) is 6.54 Å². The molecule has 1 N–H and O–H groups in total. The molecule has 0 aliphatic carbocycles. The molecule has 2 aromatic rings. The first-order valence-electron chi connectivity index (χ1n) is 7.78. The fourth-order valence-electron chi connectivity index (χ4n) is 3.01. The second kappa shape index (κ2) is 6.72. The molecule has 1 saturated heterocycles. The predicted octanol–water partition coefficient (Wildman–Crippen LogP) is 3.37. The van der Waals surface area contributed by atoms with E-state index in [1.807, 2.05) is 12.1 Å². The number of aromatic nitrogens is 1. The van der Waals surface area contributed by atoms with Crippen LogP contribution in [-0.4, -0.2) is 39.8 Å². The number of amides is 1. The summed E-state index contributed by atoms with van der Waals surface area (Å²) in [6.45, 7) is 2.35. The first-order valence-corrected chi connectivity index (χ1v) is 8.16. The molecule has 1 aromatic heterocycles. The first-order chi connectivity index (χ1) is 11.1. The molecule has 2 unspecified atom stereocenters. The molecule has 5 nitrogen and oxygen atoms in total. The molecule has 122 valence electrons. The van der Waals surface area contributed by atoms with Crippen molar-refractivity contribution >= 4 is 17.5 Å². The summed E-state index contributed by atoms with van der Waals surface area (Å²) >= 11 is 5.97. The fraction of sp³-hybridized carbons (Fsp3) is 0.412. The zero-order valence-corrected chi connectivity index (χ0v) is 13.7. The molecule has 1 aromatic carbocycles. The smallest absolute Gasteiger partial charge is 0.276 e. The Bertz CT molecular complexity index is 699. The third-order valence-electron chi connectivity index (χ3n) is 4.21. The van der Waals surface area contributed by atoms with Crippen LogP contribution >= 0.6 is 11.6 Å². The summed E-state index contributed by atoms with van der Waals surface area (Å²) < 4.78 is 5.29. The summed E-state index contributed by atoms with van der Waals surface area (Å²) in [5, 5.41) is 14.4. The average molecular weight is 335 g/mol. The average Bonchev–Trinajstić information content (AvgIpc) is 3.04. The summed E-state index contributed by atoms with van der Waals surface area (Å²) in [5.41, 5.74) is 1.03. The number of aliphatic hydroxyl groups excluding tert-OH is 1. The van der Waals surface area contributed by atoms with Crippen LogP contribution < -0.4 is 0 Å². The molecule has 6 heteroatoms. The Morgan fingerprint density at radius 3 is 3.00 bits per heavy atom. The minimum Gasteiger partial charge on any atom is -0.391 e. The van der Waals surface area contributed by atoms with Gasteiger partial charge in [0.05, 0.1) is 12.1 Å². The fourth-order valence-corrected chi connectivity index (χ4v) is 3.20. The molecule has 0 saturated carbocycles. The molecule has 23 heavy (non-hydrogen) atoms. The van der Waals surface area contributed by atoms with Crippen LogP contribution in [0.25, 0.3) is 11.3 Å². The first kappa shape index (κ1) is 16.0. The molecule has 0 spiro atoms. The van der Waals surface area contributed by atoms with Crippen molar-refractivity contribution in [3.05, 3.63) is 41.0 Å². The lowest BCUT2D eigenvalue weighted by atomic mass is 9.97. The van der Waals surface area contributed by atoms with Gasteiger partial charge >= 0.3 is 0 Å². The van der Waals surface area contributed by atoms with Gasteiger partial charge in [-0.1, -0.05) is 28.9 Å². The van der Waals surface area contributed by atoms with Crippen LogP contribution in [0.2, 0.25) is 5.02 Å². The number of likely N-dealkylation sites (tertiary alicyclic amines) is 1. The molecule has 0 radical (unpaired) electrons. The number of benzene rings is 1. The van der Waals surface area contributed by atoms with Crippen LogP contribution in [0.15, 0.2) is 34.9 Å². The number of hydrogen-bond acceptors (Lipinski definition) is 4. The Balaban J connectivity index is 1.83. The Hall–Kier alpha value is -1.85. The van der Waals surface area contributed by atoms with Crippen molar-refractivity contribution in [2.45, 2.75) is 38.3 Å². The Kier molecular flexibility index (Phi) is 4.68. The Morgan fingerprint density at radius 1 is 1.43 bits per heavy atom. The van der Waals surface area contributed by atoms with Gasteiger partial charge in [0.15, 0.2) is 11.5 Å². The van der Waals surface area contributed by atoms with Gasteiger partial charge in [0.2, 0.25) is 0 Å². The molecule has 1 fully saturated rings. The number of hydrogen-bond donors (Lipinski definition) is 1. The van der Waals surface area contributed by atoms with Gasteiger partial charge in [-0.2, -0.15) is 0 Å². The van der Waals surface area contributed by atoms with E-state index in [-0.39, 0.29) is 17.6 Å². The van der Waals surface area contributed by atoms with E-state index in [1.165, 1.54) is 0 Å². The zero-order valence-electron chi connectivity index (χ0n) is 12.9. The minimum absolute atomic E-state index is 0.164. The van der Waals surface area contributed by atoms with Gasteiger partial charge < -0.3 is 14.5 Å². The molecule has 2 atom stereocenters. The van der Waals surface area contributed by atoms with Gasteiger partial charge in [0, 0.05) is 23.2 Å². The number of carbonyl (C=O) groups is 1. The normalized spacial score (nSPS) is 19.6. The van der Waals surface area contributed by atoms with Gasteiger partial charge in [-0.25, -0.2) is 0 Å². The van der Waals surface area contributed by atoms with Gasteiger partial charge in [-0.3, -0.25) is 4.79 Å². The summed E-state index contributed by atoms with van der Waals surface area (Å²) in [5.74, 6) is 0.300. The van der Waals surface area contributed by atoms with E-state index < -0.39 is 6.10 Å². The van der Waals surface area contributed by atoms with Crippen LogP contribution in [0.3, 0.4) is 0 Å². The van der Waals surface area contributed by atoms with Crippen molar-refractivity contribution in [1.29, 1.82) is 0 Å². The highest BCUT2D eigenvalue weighted by Gasteiger charge is 2.32. The molecule has 3 rings (SSSR count). The third kappa shape index (κ3) is 3.41. The standard InChI is InChI=1S/C17H19ClN2O3/c1-11(21)15-7-2-3-8-20(15)17(22)14-10-16(23-19-14)12-5-4-6-13(18)9-12/h4-6,9-11,15,21H,2-3,7-8H2,1H3. The summed E-state index contributed by atoms with van der Waals surface area (Å²) in [7, 11) is 0. The molecular formula is C17H19ClN2O3. The highest BCUT2D eigenvalue weighted by Crippen LogP contribution is 2.26. The number of piperidine rings is 1. The zero-order chi connectivity index (χ0) is 16.4. The monoisotopic (exact) mass is 334 g/mol. The highest BCUT2D eigenvalue weighted by atomic mass is 35.5. The van der Waals surface area contributed by atoms with Crippen LogP contribution in [0.1, 0.15) is 36.7 Å². The molecule has 2 heterocycles. The van der Waals surface area contributed by atoms with Crippen LogP contribution in [0.4, 0.5) is 0 Å². The number of carbonyl (C=O) groups excluding carboxylic acids is 1. The lowest BCUT2D eigenvalue weighted by Crippen LogP contribution is -2.49. The van der Waals surface area contributed by atoms with Crippen molar-refractivity contribution < 1.29 is 14.4 Å². The second-order valence-corrected chi connectivity index (χ2v) is 6.33.